The van der Waals surface area contributed by atoms with Gasteiger partial charge in [-0.2, -0.15) is 0 Å². The molecular weight excluding hydrogens is 153 g/mol. The van der Waals surface area contributed by atoms with E-state index < -0.39 is 7.32 Å². The van der Waals surface area contributed by atoms with Crippen molar-refractivity contribution in [2.75, 3.05) is 0 Å². The van der Waals surface area contributed by atoms with E-state index in [-0.39, 0.29) is 64.3 Å². The molecule has 0 radical (unpaired) electrons. The Hall–Kier alpha value is 2.02. The quantitative estimate of drug-likeness (QED) is 0.320. The molecule has 3 nitrogen and oxygen atoms in total. The maximum absolute atomic E-state index is 7.17. The van der Waals surface area contributed by atoms with Crippen LogP contribution in [0, 0.1) is 0 Å². The molecular formula is H6BLiO3Sr. The van der Waals surface area contributed by atoms with Gasteiger partial charge in [-0.1, -0.05) is 0 Å². The molecule has 0 fully saturated rings. The Morgan fingerprint density at radius 2 is 1.00 bits per heavy atom. The van der Waals surface area contributed by atoms with Crippen molar-refractivity contribution in [1.82, 2.24) is 0 Å². The molecule has 30 valence electrons. The van der Waals surface area contributed by atoms with Crippen LogP contribution in [0.4, 0.5) is 0 Å². The number of hydrogen-bond acceptors (Lipinski definition) is 3. The van der Waals surface area contributed by atoms with Crippen molar-refractivity contribution in [3.63, 3.8) is 0 Å². The van der Waals surface area contributed by atoms with Gasteiger partial charge in [0.15, 0.2) is 0 Å². The average Bonchev–Trinajstić information content (AvgIpc) is 0.811. The SMILES string of the molecule is OB(O)O.[LiH].[SrH2]. The van der Waals surface area contributed by atoms with Gasteiger partial charge in [0.2, 0.25) is 0 Å². The summed E-state index contributed by atoms with van der Waals surface area (Å²) in [6.45, 7) is 0. The molecule has 0 aromatic rings. The van der Waals surface area contributed by atoms with E-state index in [0.29, 0.717) is 0 Å². The summed E-state index contributed by atoms with van der Waals surface area (Å²) in [5.74, 6) is 0. The molecule has 0 heterocycles. The molecule has 0 bridgehead atoms. The third kappa shape index (κ3) is 37.1. The zero-order valence-electron chi connectivity index (χ0n) is 1.92. The second kappa shape index (κ2) is 10.1. The molecule has 0 saturated heterocycles. The number of rotatable bonds is 0. The molecule has 0 aromatic heterocycles. The topological polar surface area (TPSA) is 60.7 Å². The third-order valence-electron chi connectivity index (χ3n) is 0. The molecule has 0 aliphatic carbocycles. The van der Waals surface area contributed by atoms with Gasteiger partial charge in [-0.05, 0) is 0 Å². The van der Waals surface area contributed by atoms with E-state index in [1.54, 1.807) is 0 Å². The summed E-state index contributed by atoms with van der Waals surface area (Å²) in [6, 6.07) is 0. The van der Waals surface area contributed by atoms with Crippen LogP contribution in [0.25, 0.3) is 0 Å². The summed E-state index contributed by atoms with van der Waals surface area (Å²) in [5.41, 5.74) is 0. The Bertz CT molecular complexity index is 15.5. The monoisotopic (exact) mass is 160 g/mol. The molecule has 3 N–H and O–H groups in total. The van der Waals surface area contributed by atoms with Crippen molar-refractivity contribution >= 4 is 71.7 Å². The molecule has 0 aliphatic rings. The summed E-state index contributed by atoms with van der Waals surface area (Å²) >= 11 is 0. The minimum absolute atomic E-state index is 0. The molecule has 6 heteroatoms. The van der Waals surface area contributed by atoms with Crippen LogP contribution < -0.4 is 0 Å². The molecule has 0 aliphatic heterocycles. The first-order chi connectivity index (χ1) is 1.73. The Morgan fingerprint density at radius 1 is 1.00 bits per heavy atom. The molecule has 0 rings (SSSR count). The van der Waals surface area contributed by atoms with E-state index in [0.717, 1.165) is 0 Å². The third-order valence-corrected chi connectivity index (χ3v) is 0. The van der Waals surface area contributed by atoms with Gasteiger partial charge in [0.1, 0.15) is 0 Å². The van der Waals surface area contributed by atoms with Gasteiger partial charge in [-0.25, -0.2) is 0 Å². The van der Waals surface area contributed by atoms with Crippen LogP contribution in [0.15, 0.2) is 0 Å². The van der Waals surface area contributed by atoms with E-state index in [9.17, 15) is 0 Å². The van der Waals surface area contributed by atoms with Gasteiger partial charge in [0, 0.05) is 0 Å². The zero-order valence-corrected chi connectivity index (χ0v) is 1.92. The zero-order chi connectivity index (χ0) is 3.58. The average molecular weight is 159 g/mol. The summed E-state index contributed by atoms with van der Waals surface area (Å²) in [7, 11) is -2.17. The summed E-state index contributed by atoms with van der Waals surface area (Å²) in [4.78, 5) is 0. The standard InChI is InChI=1S/BH3O3.Li.Sr.3H/c2-1(3)4;;;;;/h2-4H;;;;;. The van der Waals surface area contributed by atoms with Crippen molar-refractivity contribution in [1.29, 1.82) is 0 Å². The fourth-order valence-corrected chi connectivity index (χ4v) is 0. The van der Waals surface area contributed by atoms with Crippen LogP contribution >= 0.6 is 0 Å². The predicted molar refractivity (Wildman–Crippen MR) is 28.1 cm³/mol. The van der Waals surface area contributed by atoms with Gasteiger partial charge < -0.3 is 15.1 Å². The van der Waals surface area contributed by atoms with Crippen LogP contribution in [-0.4, -0.2) is 86.7 Å². The van der Waals surface area contributed by atoms with Crippen molar-refractivity contribution in [3.05, 3.63) is 0 Å². The Morgan fingerprint density at radius 3 is 1.00 bits per heavy atom. The summed E-state index contributed by atoms with van der Waals surface area (Å²) < 4.78 is 0. The van der Waals surface area contributed by atoms with Crippen molar-refractivity contribution < 1.29 is 15.1 Å². The van der Waals surface area contributed by atoms with Crippen LogP contribution in [0.3, 0.4) is 0 Å². The Kier molecular flexibility index (Phi) is 26.4. The second-order valence-electron chi connectivity index (χ2n) is 0.346. The first-order valence-electron chi connectivity index (χ1n) is 0.775. The van der Waals surface area contributed by atoms with Crippen molar-refractivity contribution in [3.8, 4) is 0 Å². The van der Waals surface area contributed by atoms with E-state index in [4.69, 9.17) is 15.1 Å². The van der Waals surface area contributed by atoms with E-state index in [1.165, 1.54) is 0 Å². The molecule has 0 saturated carbocycles. The molecule has 0 spiro atoms. The van der Waals surface area contributed by atoms with Gasteiger partial charge in [0.25, 0.3) is 0 Å². The molecule has 0 amide bonds. The minimum atomic E-state index is -2.17. The Labute approximate surface area is 85.4 Å². The van der Waals surface area contributed by atoms with Crippen LogP contribution in [0.1, 0.15) is 0 Å². The van der Waals surface area contributed by atoms with Crippen molar-refractivity contribution in [2.45, 2.75) is 0 Å². The van der Waals surface area contributed by atoms with E-state index >= 15 is 0 Å². The maximum atomic E-state index is 7.17. The number of hydrogen-bond donors (Lipinski definition) is 3. The van der Waals surface area contributed by atoms with E-state index in [2.05, 4.69) is 0 Å². The van der Waals surface area contributed by atoms with Gasteiger partial charge >= 0.3 is 71.7 Å². The van der Waals surface area contributed by atoms with Gasteiger partial charge in [0.05, 0.1) is 0 Å². The van der Waals surface area contributed by atoms with E-state index in [1.807, 2.05) is 0 Å². The van der Waals surface area contributed by atoms with Crippen LogP contribution in [0.2, 0.25) is 0 Å². The Balaban J connectivity index is -0.0000000450. The fraction of sp³-hybridized carbons (Fsp3) is 0. The molecule has 0 unspecified atom stereocenters. The van der Waals surface area contributed by atoms with Crippen LogP contribution in [-0.2, 0) is 0 Å². The first kappa shape index (κ1) is 15.7. The van der Waals surface area contributed by atoms with Crippen LogP contribution in [0.5, 0.6) is 0 Å². The van der Waals surface area contributed by atoms with Gasteiger partial charge in [-0.15, -0.1) is 0 Å². The summed E-state index contributed by atoms with van der Waals surface area (Å²) in [5, 5.41) is 21.5. The second-order valence-corrected chi connectivity index (χ2v) is 0.346. The van der Waals surface area contributed by atoms with Gasteiger partial charge in [-0.3, -0.25) is 0 Å². The normalized spacial score (nSPS) is 4.50. The molecule has 0 atom stereocenters. The molecule has 0 aromatic carbocycles. The molecule has 6 heavy (non-hydrogen) atoms. The summed E-state index contributed by atoms with van der Waals surface area (Å²) in [6.07, 6.45) is 0. The predicted octanol–water partition coefficient (Wildman–Crippen LogP) is -3.62. The first-order valence-corrected chi connectivity index (χ1v) is 0.775. The van der Waals surface area contributed by atoms with Crippen molar-refractivity contribution in [2.24, 2.45) is 0 Å². The fourth-order valence-electron chi connectivity index (χ4n) is 0.